The Labute approximate surface area is 139 Å². The third kappa shape index (κ3) is 9.39. The first-order chi connectivity index (χ1) is 11.1. The van der Waals surface area contributed by atoms with E-state index in [-0.39, 0.29) is 18.3 Å². The van der Waals surface area contributed by atoms with E-state index in [1.165, 1.54) is 25.7 Å². The van der Waals surface area contributed by atoms with Crippen molar-refractivity contribution in [2.75, 3.05) is 6.61 Å². The quantitative estimate of drug-likeness (QED) is 0.329. The molecule has 0 aromatic rings. The molecule has 1 amide bonds. The largest absolute Gasteiger partial charge is 0.464 e. The maximum Gasteiger partial charge on any atom is 0.328 e. The van der Waals surface area contributed by atoms with Gasteiger partial charge in [-0.25, -0.2) is 4.79 Å². The topological polar surface area (TPSA) is 75.6 Å². The summed E-state index contributed by atoms with van der Waals surface area (Å²) in [7, 11) is 0. The number of carbonyl (C=O) groups is 2. The van der Waals surface area contributed by atoms with Gasteiger partial charge in [0.05, 0.1) is 19.1 Å². The third-order valence-corrected chi connectivity index (χ3v) is 3.99. The molecule has 2 N–H and O–H groups in total. The summed E-state index contributed by atoms with van der Waals surface area (Å²) < 4.78 is 4.78. The molecular weight excluding hydrogens is 294 g/mol. The van der Waals surface area contributed by atoms with Crippen LogP contribution >= 0.6 is 0 Å². The van der Waals surface area contributed by atoms with E-state index in [9.17, 15) is 14.7 Å². The molecule has 1 saturated heterocycles. The van der Waals surface area contributed by atoms with E-state index >= 15 is 0 Å². The highest BCUT2D eigenvalue weighted by molar-refractivity contribution is 5.85. The summed E-state index contributed by atoms with van der Waals surface area (Å²) in [6.07, 6.45) is 12.9. The third-order valence-electron chi connectivity index (χ3n) is 3.99. The number of ether oxygens (including phenoxy) is 1. The normalized spacial score (nSPS) is 19.0. The van der Waals surface area contributed by atoms with Crippen LogP contribution in [0.15, 0.2) is 12.2 Å². The van der Waals surface area contributed by atoms with Crippen LogP contribution in [0.3, 0.4) is 0 Å². The van der Waals surface area contributed by atoms with Gasteiger partial charge >= 0.3 is 5.97 Å². The second-order valence-corrected chi connectivity index (χ2v) is 6.19. The highest BCUT2D eigenvalue weighted by Crippen LogP contribution is 2.09. The summed E-state index contributed by atoms with van der Waals surface area (Å²) in [6.45, 7) is 2.57. The molecule has 0 aromatic carbocycles. The molecule has 2 atom stereocenters. The first-order valence-electron chi connectivity index (χ1n) is 8.92. The number of esters is 1. The number of rotatable bonds is 12. The van der Waals surface area contributed by atoms with Gasteiger partial charge in [-0.05, 0) is 32.1 Å². The van der Waals surface area contributed by atoms with Crippen LogP contribution in [0.4, 0.5) is 0 Å². The number of cyclic esters (lactones) is 1. The number of unbranched alkanes of at least 4 members (excludes halogenated alkanes) is 5. The van der Waals surface area contributed by atoms with Gasteiger partial charge in [-0.1, -0.05) is 38.3 Å². The van der Waals surface area contributed by atoms with E-state index in [0.29, 0.717) is 19.4 Å². The summed E-state index contributed by atoms with van der Waals surface area (Å²) in [5.74, 6) is -0.662. The monoisotopic (exact) mass is 325 g/mol. The second kappa shape index (κ2) is 12.1. The molecule has 0 saturated carbocycles. The van der Waals surface area contributed by atoms with Gasteiger partial charge < -0.3 is 15.2 Å². The minimum Gasteiger partial charge on any atom is -0.464 e. The van der Waals surface area contributed by atoms with Gasteiger partial charge in [-0.2, -0.15) is 0 Å². The van der Waals surface area contributed by atoms with Crippen LogP contribution in [0.2, 0.25) is 0 Å². The fourth-order valence-corrected chi connectivity index (χ4v) is 2.59. The molecule has 1 heterocycles. The van der Waals surface area contributed by atoms with E-state index in [1.54, 1.807) is 0 Å². The average molecular weight is 325 g/mol. The van der Waals surface area contributed by atoms with Crippen LogP contribution in [-0.2, 0) is 14.3 Å². The smallest absolute Gasteiger partial charge is 0.328 e. The maximum absolute atomic E-state index is 11.7. The zero-order valence-corrected chi connectivity index (χ0v) is 14.3. The fraction of sp³-hybridized carbons (Fsp3) is 0.778. The van der Waals surface area contributed by atoms with E-state index in [0.717, 1.165) is 19.3 Å². The minimum absolute atomic E-state index is 0.0461. The molecule has 5 heteroatoms. The Morgan fingerprint density at radius 2 is 2.04 bits per heavy atom. The van der Waals surface area contributed by atoms with Crippen LogP contribution in [0.1, 0.15) is 71.1 Å². The van der Waals surface area contributed by atoms with Crippen LogP contribution in [0.5, 0.6) is 0 Å². The number of amides is 1. The van der Waals surface area contributed by atoms with Gasteiger partial charge in [-0.15, -0.1) is 0 Å². The number of nitrogens with one attached hydrogen (secondary N) is 1. The number of hydrogen-bond donors (Lipinski definition) is 2. The van der Waals surface area contributed by atoms with E-state index in [2.05, 4.69) is 24.4 Å². The van der Waals surface area contributed by atoms with E-state index in [1.807, 2.05) is 0 Å². The summed E-state index contributed by atoms with van der Waals surface area (Å²) in [5.41, 5.74) is 0. The maximum atomic E-state index is 11.7. The highest BCUT2D eigenvalue weighted by Gasteiger charge is 2.28. The summed E-state index contributed by atoms with van der Waals surface area (Å²) in [5, 5.41) is 12.5. The molecule has 132 valence electrons. The van der Waals surface area contributed by atoms with Gasteiger partial charge in [-0.3, -0.25) is 4.79 Å². The Morgan fingerprint density at radius 1 is 1.30 bits per heavy atom. The number of aliphatic hydroxyl groups is 1. The Hall–Kier alpha value is -1.36. The Bertz CT molecular complexity index is 381. The second-order valence-electron chi connectivity index (χ2n) is 6.19. The number of allylic oxidation sites excluding steroid dienone is 2. The molecule has 1 fully saturated rings. The van der Waals surface area contributed by atoms with E-state index < -0.39 is 12.1 Å². The summed E-state index contributed by atoms with van der Waals surface area (Å²) >= 11 is 0. The van der Waals surface area contributed by atoms with Crippen LogP contribution in [-0.4, -0.2) is 35.7 Å². The van der Waals surface area contributed by atoms with Gasteiger partial charge in [0.2, 0.25) is 5.91 Å². The minimum atomic E-state index is -0.648. The van der Waals surface area contributed by atoms with Crippen LogP contribution < -0.4 is 5.32 Å². The highest BCUT2D eigenvalue weighted by atomic mass is 16.5. The molecular formula is C18H31NO4. The van der Waals surface area contributed by atoms with Gasteiger partial charge in [0, 0.05) is 6.42 Å². The van der Waals surface area contributed by atoms with Crippen LogP contribution in [0, 0.1) is 0 Å². The van der Waals surface area contributed by atoms with Gasteiger partial charge in [0.25, 0.3) is 0 Å². The van der Waals surface area contributed by atoms with Crippen molar-refractivity contribution >= 4 is 11.9 Å². The van der Waals surface area contributed by atoms with Crippen molar-refractivity contribution < 1.29 is 19.4 Å². The summed E-state index contributed by atoms with van der Waals surface area (Å²) in [6, 6.07) is -0.537. The summed E-state index contributed by atoms with van der Waals surface area (Å²) in [4.78, 5) is 23.0. The lowest BCUT2D eigenvalue weighted by Gasteiger charge is -2.12. The van der Waals surface area contributed by atoms with Gasteiger partial charge in [0.1, 0.15) is 6.04 Å². The lowest BCUT2D eigenvalue weighted by molar-refractivity contribution is -0.141. The molecule has 1 aliphatic heterocycles. The molecule has 1 unspecified atom stereocenters. The van der Waals surface area contributed by atoms with Crippen LogP contribution in [0.25, 0.3) is 0 Å². The molecule has 0 radical (unpaired) electrons. The SMILES string of the molecule is CCCCCCC=CCCC[C@H](O)CC(=O)NC1CCOC1=O. The zero-order chi connectivity index (χ0) is 16.9. The van der Waals surface area contributed by atoms with Crippen molar-refractivity contribution in [1.82, 2.24) is 5.32 Å². The predicted octanol–water partition coefficient (Wildman–Crippen LogP) is 2.87. The average Bonchev–Trinajstić information content (AvgIpc) is 2.90. The fourth-order valence-electron chi connectivity index (χ4n) is 2.59. The molecule has 1 aliphatic rings. The Kier molecular flexibility index (Phi) is 10.4. The number of aliphatic hydroxyl groups excluding tert-OH is 1. The van der Waals surface area contributed by atoms with Crippen molar-refractivity contribution in [3.8, 4) is 0 Å². The first-order valence-corrected chi connectivity index (χ1v) is 8.92. The lowest BCUT2D eigenvalue weighted by atomic mass is 10.1. The van der Waals surface area contributed by atoms with Gasteiger partial charge in [0.15, 0.2) is 0 Å². The van der Waals surface area contributed by atoms with Crippen molar-refractivity contribution in [2.45, 2.75) is 83.3 Å². The van der Waals surface area contributed by atoms with Crippen molar-refractivity contribution in [1.29, 1.82) is 0 Å². The van der Waals surface area contributed by atoms with Crippen molar-refractivity contribution in [2.24, 2.45) is 0 Å². The molecule has 5 nitrogen and oxygen atoms in total. The van der Waals surface area contributed by atoms with Crippen molar-refractivity contribution in [3.63, 3.8) is 0 Å². The molecule has 0 spiro atoms. The zero-order valence-electron chi connectivity index (χ0n) is 14.3. The predicted molar refractivity (Wildman–Crippen MR) is 89.9 cm³/mol. The molecule has 0 aliphatic carbocycles. The first kappa shape index (κ1) is 19.7. The van der Waals surface area contributed by atoms with Crippen molar-refractivity contribution in [3.05, 3.63) is 12.2 Å². The van der Waals surface area contributed by atoms with E-state index in [4.69, 9.17) is 4.74 Å². The molecule has 1 rings (SSSR count). The Morgan fingerprint density at radius 3 is 2.70 bits per heavy atom. The molecule has 0 bridgehead atoms. The molecule has 23 heavy (non-hydrogen) atoms. The lowest BCUT2D eigenvalue weighted by Crippen LogP contribution is -2.39. The molecule has 0 aromatic heterocycles. The number of carbonyl (C=O) groups excluding carboxylic acids is 2. The standard InChI is InChI=1S/C18H31NO4/c1-2-3-4-5-6-7-8-9-10-11-15(20)14-17(21)19-16-12-13-23-18(16)22/h7-8,15-16,20H,2-6,9-14H2,1H3,(H,19,21)/t15-,16?/m0/s1. The number of hydrogen-bond acceptors (Lipinski definition) is 4. The Balaban J connectivity index is 2.01.